The zero-order valence-corrected chi connectivity index (χ0v) is 19.5. The first kappa shape index (κ1) is 25.4. The molecule has 8 heteroatoms. The summed E-state index contributed by atoms with van der Waals surface area (Å²) in [5.41, 5.74) is 2.73. The van der Waals surface area contributed by atoms with E-state index in [-0.39, 0.29) is 24.0 Å². The van der Waals surface area contributed by atoms with Gasteiger partial charge in [0.25, 0.3) is 0 Å². The highest BCUT2D eigenvalue weighted by Crippen LogP contribution is 2.26. The maximum absolute atomic E-state index is 12.9. The normalized spacial score (nSPS) is 11.9. The van der Waals surface area contributed by atoms with Crippen molar-refractivity contribution in [2.24, 2.45) is 0 Å². The number of amides is 2. The lowest BCUT2D eigenvalue weighted by Crippen LogP contribution is -2.47. The molecule has 1 aromatic carbocycles. The van der Waals surface area contributed by atoms with Crippen LogP contribution >= 0.6 is 0 Å². The topological polar surface area (TPSA) is 110 Å². The number of nitrogens with one attached hydrogen (secondary N) is 3. The summed E-state index contributed by atoms with van der Waals surface area (Å²) in [6.45, 7) is 4.29. The second kappa shape index (κ2) is 12.9. The standard InChI is InChI=1S/C24H35N3O5/c1-16(28)8-6-5-7-9-22(24(30)25-12-13-31-3)27-23(29)15-19-17(2)26-21-11-10-18(32-4)14-20(19)21/h10-11,14,22,26H,5-9,12-13,15H2,1-4H3,(H,25,30)(H,27,29)/t22-/m0/s1. The van der Waals surface area contributed by atoms with Gasteiger partial charge in [-0.25, -0.2) is 0 Å². The number of carbonyl (C=O) groups is 3. The summed E-state index contributed by atoms with van der Waals surface area (Å²) in [5, 5.41) is 6.64. The molecule has 2 amide bonds. The van der Waals surface area contributed by atoms with Crippen LogP contribution in [0.1, 0.15) is 50.3 Å². The summed E-state index contributed by atoms with van der Waals surface area (Å²) < 4.78 is 10.3. The molecule has 1 heterocycles. The number of ketones is 1. The van der Waals surface area contributed by atoms with Gasteiger partial charge in [0.05, 0.1) is 20.1 Å². The van der Waals surface area contributed by atoms with Gasteiger partial charge < -0.3 is 29.9 Å². The highest BCUT2D eigenvalue weighted by Gasteiger charge is 2.21. The molecule has 0 bridgehead atoms. The number of fused-ring (bicyclic) bond motifs is 1. The Hall–Kier alpha value is -2.87. The number of aryl methyl sites for hydroxylation is 1. The number of hydrogen-bond donors (Lipinski definition) is 3. The fourth-order valence-electron chi connectivity index (χ4n) is 3.69. The number of rotatable bonds is 14. The first-order valence-corrected chi connectivity index (χ1v) is 11.1. The molecule has 0 saturated carbocycles. The Labute approximate surface area is 189 Å². The Morgan fingerprint density at radius 1 is 1.12 bits per heavy atom. The monoisotopic (exact) mass is 445 g/mol. The van der Waals surface area contributed by atoms with Crippen molar-refractivity contribution >= 4 is 28.5 Å². The fourth-order valence-corrected chi connectivity index (χ4v) is 3.69. The average molecular weight is 446 g/mol. The third-order valence-electron chi connectivity index (χ3n) is 5.44. The molecule has 32 heavy (non-hydrogen) atoms. The van der Waals surface area contributed by atoms with Gasteiger partial charge in [0.1, 0.15) is 17.6 Å². The quantitative estimate of drug-likeness (QED) is 0.388. The fraction of sp³-hybridized carbons (Fsp3) is 0.542. The first-order valence-electron chi connectivity index (χ1n) is 11.1. The molecule has 3 N–H and O–H groups in total. The number of methoxy groups -OCH3 is 2. The van der Waals surface area contributed by atoms with Crippen molar-refractivity contribution in [3.63, 3.8) is 0 Å². The molecule has 1 atom stereocenters. The number of aromatic amines is 1. The van der Waals surface area contributed by atoms with Crippen LogP contribution < -0.4 is 15.4 Å². The van der Waals surface area contributed by atoms with E-state index in [1.807, 2.05) is 25.1 Å². The Kier molecular flexibility index (Phi) is 10.2. The molecule has 0 aliphatic heterocycles. The number of carbonyl (C=O) groups excluding carboxylic acids is 3. The van der Waals surface area contributed by atoms with Crippen LogP contribution in [0, 0.1) is 6.92 Å². The Morgan fingerprint density at radius 2 is 1.91 bits per heavy atom. The highest BCUT2D eigenvalue weighted by molar-refractivity contribution is 5.93. The van der Waals surface area contributed by atoms with Crippen LogP contribution in [0.3, 0.4) is 0 Å². The molecule has 0 saturated heterocycles. The summed E-state index contributed by atoms with van der Waals surface area (Å²) in [6, 6.07) is 5.08. The lowest BCUT2D eigenvalue weighted by molar-refractivity contribution is -0.129. The minimum atomic E-state index is -0.628. The average Bonchev–Trinajstić information content (AvgIpc) is 3.06. The van der Waals surface area contributed by atoms with Crippen LogP contribution in [0.2, 0.25) is 0 Å². The summed E-state index contributed by atoms with van der Waals surface area (Å²) >= 11 is 0. The number of unbranched alkanes of at least 4 members (excludes halogenated alkanes) is 2. The molecule has 0 aliphatic carbocycles. The second-order valence-corrected chi connectivity index (χ2v) is 8.02. The molecule has 0 unspecified atom stereocenters. The van der Waals surface area contributed by atoms with Gasteiger partial charge in [0.2, 0.25) is 11.8 Å². The predicted octanol–water partition coefficient (Wildman–Crippen LogP) is 2.81. The minimum absolute atomic E-state index is 0.158. The van der Waals surface area contributed by atoms with E-state index >= 15 is 0 Å². The third kappa shape index (κ3) is 7.67. The van der Waals surface area contributed by atoms with Crippen molar-refractivity contribution < 1.29 is 23.9 Å². The van der Waals surface area contributed by atoms with E-state index < -0.39 is 6.04 Å². The van der Waals surface area contributed by atoms with Crippen molar-refractivity contribution in [3.8, 4) is 5.75 Å². The van der Waals surface area contributed by atoms with Gasteiger partial charge in [-0.15, -0.1) is 0 Å². The molecule has 0 radical (unpaired) electrons. The van der Waals surface area contributed by atoms with E-state index in [2.05, 4.69) is 15.6 Å². The summed E-state index contributed by atoms with van der Waals surface area (Å²) in [6.07, 6.45) is 3.59. The van der Waals surface area contributed by atoms with Gasteiger partial charge in [0, 0.05) is 36.7 Å². The number of hydrogen-bond acceptors (Lipinski definition) is 5. The Morgan fingerprint density at radius 3 is 2.59 bits per heavy atom. The van der Waals surface area contributed by atoms with Crippen molar-refractivity contribution in [1.82, 2.24) is 15.6 Å². The molecule has 8 nitrogen and oxygen atoms in total. The SMILES string of the molecule is COCCNC(=O)[C@H](CCCCCC(C)=O)NC(=O)Cc1c(C)[nH]c2ccc(OC)cc12. The maximum Gasteiger partial charge on any atom is 0.242 e. The minimum Gasteiger partial charge on any atom is -0.497 e. The number of H-pyrrole nitrogens is 1. The van der Waals surface area contributed by atoms with Crippen LogP contribution in [0.25, 0.3) is 10.9 Å². The van der Waals surface area contributed by atoms with Gasteiger partial charge >= 0.3 is 0 Å². The summed E-state index contributed by atoms with van der Waals surface area (Å²) in [7, 11) is 3.18. The molecule has 2 rings (SSSR count). The van der Waals surface area contributed by atoms with Gasteiger partial charge in [0.15, 0.2) is 0 Å². The van der Waals surface area contributed by atoms with Gasteiger partial charge in [-0.1, -0.05) is 12.8 Å². The van der Waals surface area contributed by atoms with Crippen molar-refractivity contribution in [2.45, 2.75) is 58.4 Å². The van der Waals surface area contributed by atoms with Gasteiger partial charge in [-0.3, -0.25) is 9.59 Å². The summed E-state index contributed by atoms with van der Waals surface area (Å²) in [4.78, 5) is 39.9. The van der Waals surface area contributed by atoms with Crippen molar-refractivity contribution in [1.29, 1.82) is 0 Å². The highest BCUT2D eigenvalue weighted by atomic mass is 16.5. The molecule has 0 spiro atoms. The van der Waals surface area contributed by atoms with Gasteiger partial charge in [-0.2, -0.15) is 0 Å². The molecule has 0 aliphatic rings. The molecular weight excluding hydrogens is 410 g/mol. The maximum atomic E-state index is 12.9. The Balaban J connectivity index is 2.04. The lowest BCUT2D eigenvalue weighted by Gasteiger charge is -2.18. The van der Waals surface area contributed by atoms with E-state index in [1.165, 1.54) is 0 Å². The summed E-state index contributed by atoms with van der Waals surface area (Å²) in [5.74, 6) is 0.448. The van der Waals surface area contributed by atoms with Crippen LogP contribution in [-0.4, -0.2) is 56.0 Å². The number of Topliss-reactive ketones (excluding diaryl/α,β-unsaturated/α-hetero) is 1. The molecule has 0 fully saturated rings. The van der Waals surface area contributed by atoms with Crippen LogP contribution in [-0.2, 0) is 25.5 Å². The van der Waals surface area contributed by atoms with Gasteiger partial charge in [-0.05, 0) is 50.5 Å². The predicted molar refractivity (Wildman–Crippen MR) is 124 cm³/mol. The Bertz CT molecular complexity index is 922. The molecule has 2 aromatic rings. The molecule has 176 valence electrons. The molecule has 1 aromatic heterocycles. The van der Waals surface area contributed by atoms with E-state index in [0.29, 0.717) is 26.0 Å². The van der Waals surface area contributed by atoms with Crippen LogP contribution in [0.15, 0.2) is 18.2 Å². The first-order chi connectivity index (χ1) is 15.3. The van der Waals surface area contributed by atoms with E-state index in [9.17, 15) is 14.4 Å². The van der Waals surface area contributed by atoms with Crippen molar-refractivity contribution in [2.75, 3.05) is 27.4 Å². The van der Waals surface area contributed by atoms with E-state index in [0.717, 1.165) is 47.2 Å². The van der Waals surface area contributed by atoms with Crippen molar-refractivity contribution in [3.05, 3.63) is 29.5 Å². The number of aromatic nitrogens is 1. The van der Waals surface area contributed by atoms with E-state index in [4.69, 9.17) is 9.47 Å². The number of benzene rings is 1. The van der Waals surface area contributed by atoms with E-state index in [1.54, 1.807) is 21.1 Å². The third-order valence-corrected chi connectivity index (χ3v) is 5.44. The number of ether oxygens (including phenoxy) is 2. The zero-order chi connectivity index (χ0) is 23.5. The second-order valence-electron chi connectivity index (χ2n) is 8.02. The molecular formula is C24H35N3O5. The largest absolute Gasteiger partial charge is 0.497 e. The van der Waals surface area contributed by atoms with Crippen LogP contribution in [0.5, 0.6) is 5.75 Å². The smallest absolute Gasteiger partial charge is 0.242 e. The lowest BCUT2D eigenvalue weighted by atomic mass is 10.0. The zero-order valence-electron chi connectivity index (χ0n) is 19.5. The van der Waals surface area contributed by atoms with Crippen LogP contribution in [0.4, 0.5) is 0 Å².